The minimum absolute atomic E-state index is 0.236. The molecule has 0 fully saturated rings. The van der Waals surface area contributed by atoms with Crippen LogP contribution in [0.1, 0.15) is 27.2 Å². The zero-order valence-electron chi connectivity index (χ0n) is 10.9. The fraction of sp³-hybridized carbons (Fsp3) is 0.818. The number of nitrogens with zero attached hydrogens (tertiary/aromatic N) is 1. The molecule has 3 nitrogen and oxygen atoms in total. The summed E-state index contributed by atoms with van der Waals surface area (Å²) < 4.78 is 5.96. The lowest BCUT2D eigenvalue weighted by atomic mass is 10.2. The van der Waals surface area contributed by atoms with Gasteiger partial charge in [0.2, 0.25) is 0 Å². The fourth-order valence-corrected chi connectivity index (χ4v) is 2.06. The van der Waals surface area contributed by atoms with Gasteiger partial charge in [0.05, 0.1) is 24.1 Å². The van der Waals surface area contributed by atoms with Crippen molar-refractivity contribution >= 4 is 25.5 Å². The largest absolute Gasteiger partial charge is 0.415 e. The summed E-state index contributed by atoms with van der Waals surface area (Å²) in [6.07, 6.45) is 0.287. The third-order valence-electron chi connectivity index (χ3n) is 2.93. The van der Waals surface area contributed by atoms with E-state index >= 15 is 0 Å². The molecule has 0 bridgehead atoms. The quantitative estimate of drug-likeness (QED) is 0.468. The van der Waals surface area contributed by atoms with Gasteiger partial charge in [-0.2, -0.15) is 5.26 Å². The molecular formula is C11H22N2OSSi. The number of hydrogen-bond donors (Lipinski definition) is 1. The molecule has 0 amide bonds. The highest BCUT2D eigenvalue weighted by Gasteiger charge is 2.36. The Balaban J connectivity index is 3.84. The summed E-state index contributed by atoms with van der Waals surface area (Å²) in [7, 11) is -1.64. The van der Waals surface area contributed by atoms with Crippen LogP contribution >= 0.6 is 12.2 Å². The topological polar surface area (TPSA) is 45.0 Å². The Hall–Kier alpha value is -0.443. The van der Waals surface area contributed by atoms with Crippen molar-refractivity contribution in [1.82, 2.24) is 5.32 Å². The average Bonchev–Trinajstić information content (AvgIpc) is 2.11. The van der Waals surface area contributed by atoms with Gasteiger partial charge in [0, 0.05) is 6.54 Å². The molecule has 5 heteroatoms. The van der Waals surface area contributed by atoms with E-state index in [1.807, 2.05) is 6.07 Å². The van der Waals surface area contributed by atoms with E-state index in [9.17, 15) is 0 Å². The molecular weight excluding hydrogens is 236 g/mol. The van der Waals surface area contributed by atoms with Crippen molar-refractivity contribution < 1.29 is 4.43 Å². The Morgan fingerprint density at radius 3 is 2.44 bits per heavy atom. The smallest absolute Gasteiger partial charge is 0.192 e. The molecule has 0 saturated heterocycles. The minimum atomic E-state index is -1.64. The van der Waals surface area contributed by atoms with E-state index in [0.29, 0.717) is 18.1 Å². The Kier molecular flexibility index (Phi) is 6.16. The second-order valence-corrected chi connectivity index (χ2v) is 10.6. The van der Waals surface area contributed by atoms with Crippen LogP contribution in [0.3, 0.4) is 0 Å². The first-order valence-electron chi connectivity index (χ1n) is 5.48. The van der Waals surface area contributed by atoms with E-state index in [-0.39, 0.29) is 11.5 Å². The number of nitriles is 1. The molecule has 0 aliphatic carbocycles. The lowest BCUT2D eigenvalue weighted by Gasteiger charge is -2.36. The van der Waals surface area contributed by atoms with Crippen molar-refractivity contribution in [3.8, 4) is 6.07 Å². The molecule has 0 unspecified atom stereocenters. The molecule has 0 aromatic carbocycles. The van der Waals surface area contributed by atoms with Crippen LogP contribution in [0.5, 0.6) is 0 Å². The Bertz CT molecular complexity index is 279. The summed E-state index contributed by atoms with van der Waals surface area (Å²) in [5, 5.41) is 11.7. The first-order chi connectivity index (χ1) is 7.20. The molecule has 0 aliphatic heterocycles. The van der Waals surface area contributed by atoms with Crippen LogP contribution < -0.4 is 5.32 Å². The summed E-state index contributed by atoms with van der Waals surface area (Å²) in [5.41, 5.74) is 0. The molecule has 0 aliphatic rings. The summed E-state index contributed by atoms with van der Waals surface area (Å²) in [5.74, 6) is 0. The molecule has 0 aromatic rings. The van der Waals surface area contributed by atoms with E-state index in [2.05, 4.69) is 39.2 Å². The van der Waals surface area contributed by atoms with Crippen LogP contribution in [0, 0.1) is 11.3 Å². The molecule has 92 valence electrons. The van der Waals surface area contributed by atoms with E-state index in [0.717, 1.165) is 0 Å². The second-order valence-electron chi connectivity index (χ2n) is 5.29. The Morgan fingerprint density at radius 1 is 1.44 bits per heavy atom. The van der Waals surface area contributed by atoms with Gasteiger partial charge in [0.25, 0.3) is 0 Å². The van der Waals surface area contributed by atoms with Gasteiger partial charge in [-0.15, -0.1) is 0 Å². The number of rotatable bonds is 5. The lowest BCUT2D eigenvalue weighted by molar-refractivity contribution is 0.293. The maximum Gasteiger partial charge on any atom is 0.192 e. The highest BCUT2D eigenvalue weighted by atomic mass is 32.1. The predicted octanol–water partition coefficient (Wildman–Crippen LogP) is 2.84. The van der Waals surface area contributed by atoms with Crippen LogP contribution in [0.15, 0.2) is 0 Å². The molecule has 0 atom stereocenters. The van der Waals surface area contributed by atoms with Crippen molar-refractivity contribution in [1.29, 1.82) is 5.26 Å². The van der Waals surface area contributed by atoms with Gasteiger partial charge < -0.3 is 9.74 Å². The molecule has 16 heavy (non-hydrogen) atoms. The van der Waals surface area contributed by atoms with Crippen molar-refractivity contribution in [2.45, 2.75) is 45.3 Å². The van der Waals surface area contributed by atoms with Crippen molar-refractivity contribution in [3.05, 3.63) is 0 Å². The number of nitrogens with one attached hydrogen (secondary N) is 1. The zero-order chi connectivity index (χ0) is 12.8. The fourth-order valence-electron chi connectivity index (χ4n) is 0.847. The molecule has 0 rings (SSSR count). The summed E-state index contributed by atoms with van der Waals surface area (Å²) in [4.78, 5) is 0.598. The van der Waals surface area contributed by atoms with Crippen LogP contribution in [-0.4, -0.2) is 26.5 Å². The van der Waals surface area contributed by atoms with Crippen LogP contribution in [-0.2, 0) is 4.43 Å². The van der Waals surface area contributed by atoms with Gasteiger partial charge in [0.1, 0.15) is 0 Å². The second kappa shape index (κ2) is 6.33. The third kappa shape index (κ3) is 5.59. The molecule has 0 radical (unpaired) electrons. The van der Waals surface area contributed by atoms with Crippen molar-refractivity contribution in [2.24, 2.45) is 0 Å². The van der Waals surface area contributed by atoms with Gasteiger partial charge in [-0.3, -0.25) is 0 Å². The van der Waals surface area contributed by atoms with Crippen molar-refractivity contribution in [2.75, 3.05) is 13.2 Å². The van der Waals surface area contributed by atoms with Crippen LogP contribution in [0.2, 0.25) is 18.1 Å². The summed E-state index contributed by atoms with van der Waals surface area (Å²) in [6.45, 7) is 12.4. The van der Waals surface area contributed by atoms with Crippen LogP contribution in [0.25, 0.3) is 0 Å². The summed E-state index contributed by atoms with van der Waals surface area (Å²) >= 11 is 4.96. The molecule has 0 spiro atoms. The standard InChI is InChI=1S/C11H22N2OSSi/c1-11(2,3)16(4,5)14-9-8-13-10(15)6-7-12/h6,8-9H2,1-5H3,(H,13,15). The first-order valence-corrected chi connectivity index (χ1v) is 8.80. The normalized spacial score (nSPS) is 12.0. The minimum Gasteiger partial charge on any atom is -0.415 e. The monoisotopic (exact) mass is 258 g/mol. The van der Waals surface area contributed by atoms with E-state index in [4.69, 9.17) is 21.9 Å². The Morgan fingerprint density at radius 2 is 2.00 bits per heavy atom. The van der Waals surface area contributed by atoms with Gasteiger partial charge >= 0.3 is 0 Å². The molecule has 0 saturated carbocycles. The number of hydrogen-bond acceptors (Lipinski definition) is 3. The average molecular weight is 258 g/mol. The van der Waals surface area contributed by atoms with Crippen molar-refractivity contribution in [3.63, 3.8) is 0 Å². The van der Waals surface area contributed by atoms with Crippen LogP contribution in [0.4, 0.5) is 0 Å². The highest BCUT2D eigenvalue weighted by Crippen LogP contribution is 2.36. The van der Waals surface area contributed by atoms with Gasteiger partial charge in [-0.05, 0) is 18.1 Å². The third-order valence-corrected chi connectivity index (χ3v) is 7.76. The van der Waals surface area contributed by atoms with E-state index < -0.39 is 8.32 Å². The first kappa shape index (κ1) is 15.6. The molecule has 0 heterocycles. The zero-order valence-corrected chi connectivity index (χ0v) is 12.7. The van der Waals surface area contributed by atoms with E-state index in [1.54, 1.807) is 0 Å². The molecule has 1 N–H and O–H groups in total. The maximum absolute atomic E-state index is 8.43. The van der Waals surface area contributed by atoms with Gasteiger partial charge in [0.15, 0.2) is 8.32 Å². The predicted molar refractivity (Wildman–Crippen MR) is 74.0 cm³/mol. The van der Waals surface area contributed by atoms with E-state index in [1.165, 1.54) is 0 Å². The molecule has 0 aromatic heterocycles. The summed E-state index contributed by atoms with van der Waals surface area (Å²) in [6, 6.07) is 2.01. The lowest BCUT2D eigenvalue weighted by Crippen LogP contribution is -2.42. The van der Waals surface area contributed by atoms with Gasteiger partial charge in [-0.1, -0.05) is 33.0 Å². The number of thiocarbonyl (C=S) groups is 1. The highest BCUT2D eigenvalue weighted by molar-refractivity contribution is 7.80. The SMILES string of the molecule is CC(C)(C)[Si](C)(C)OCCNC(=S)CC#N. The van der Waals surface area contributed by atoms with Gasteiger partial charge in [-0.25, -0.2) is 0 Å². The Labute approximate surface area is 105 Å². The maximum atomic E-state index is 8.43.